The molecule has 0 aromatic heterocycles. The van der Waals surface area contributed by atoms with Crippen molar-refractivity contribution < 1.29 is 13.3 Å². The van der Waals surface area contributed by atoms with E-state index in [9.17, 15) is 18.5 Å². The number of rotatable bonds is 8. The van der Waals surface area contributed by atoms with Gasteiger partial charge in [-0.25, -0.2) is 8.42 Å². The van der Waals surface area contributed by atoms with Crippen LogP contribution in [0.15, 0.2) is 51.7 Å². The van der Waals surface area contributed by atoms with Crippen LogP contribution in [0.3, 0.4) is 0 Å². The van der Waals surface area contributed by atoms with Gasteiger partial charge in [-0.2, -0.15) is 0 Å². The van der Waals surface area contributed by atoms with Gasteiger partial charge in [-0.15, -0.1) is 0 Å². The molecular formula is C17H25N3O4S. The van der Waals surface area contributed by atoms with Gasteiger partial charge in [0.15, 0.2) is 9.84 Å². The van der Waals surface area contributed by atoms with E-state index in [1.807, 2.05) is 27.8 Å². The van der Waals surface area contributed by atoms with E-state index >= 15 is 0 Å². The first-order valence-corrected chi connectivity index (χ1v) is 9.49. The zero-order valence-electron chi connectivity index (χ0n) is 15.2. The molecule has 0 aliphatic carbocycles. The summed E-state index contributed by atoms with van der Waals surface area (Å²) in [7, 11) is 0.128. The number of sulfone groups is 1. The molecule has 0 spiro atoms. The predicted octanol–water partition coefficient (Wildman–Crippen LogP) is 2.77. The van der Waals surface area contributed by atoms with Crippen LogP contribution in [0.25, 0.3) is 0 Å². The molecule has 1 aromatic carbocycles. The highest BCUT2D eigenvalue weighted by Gasteiger charge is 2.17. The Balaban J connectivity index is 3.01. The van der Waals surface area contributed by atoms with Crippen molar-refractivity contribution in [3.63, 3.8) is 0 Å². The van der Waals surface area contributed by atoms with Crippen LogP contribution in [0.4, 0.5) is 5.69 Å². The number of nitrogens with one attached hydrogen (secondary N) is 2. The molecule has 2 N–H and O–H groups in total. The Bertz CT molecular complexity index is 794. The third-order valence-corrected chi connectivity index (χ3v) is 5.87. The maximum Gasteiger partial charge on any atom is 0.269 e. The van der Waals surface area contributed by atoms with E-state index in [2.05, 4.69) is 10.6 Å². The number of hydrogen-bond donors (Lipinski definition) is 2. The van der Waals surface area contributed by atoms with Crippen molar-refractivity contribution in [1.29, 1.82) is 0 Å². The second-order valence-electron chi connectivity index (χ2n) is 5.73. The molecule has 0 bridgehead atoms. The van der Waals surface area contributed by atoms with Crippen molar-refractivity contribution >= 4 is 15.5 Å². The first-order valence-electron chi connectivity index (χ1n) is 7.84. The largest absolute Gasteiger partial charge is 0.391 e. The smallest absolute Gasteiger partial charge is 0.269 e. The minimum absolute atomic E-state index is 0.0618. The van der Waals surface area contributed by atoms with Gasteiger partial charge in [-0.1, -0.05) is 0 Å². The molecule has 0 aliphatic rings. The number of hydrogen-bond acceptors (Lipinski definition) is 6. The lowest BCUT2D eigenvalue weighted by Crippen LogP contribution is -2.16. The molecule has 138 valence electrons. The fraction of sp³-hybridized carbons (Fsp3) is 0.412. The van der Waals surface area contributed by atoms with Crippen LogP contribution in [0.2, 0.25) is 0 Å². The SMILES string of the molecule is CNC(=C(/C)CCS(=O)(=O)c1ccc([N+](=O)[O-])cc1)/C(C)=C(\C)NC. The van der Waals surface area contributed by atoms with Gasteiger partial charge >= 0.3 is 0 Å². The summed E-state index contributed by atoms with van der Waals surface area (Å²) in [5, 5.41) is 16.9. The summed E-state index contributed by atoms with van der Waals surface area (Å²) in [6.45, 7) is 5.81. The molecule has 8 heteroatoms. The lowest BCUT2D eigenvalue weighted by Gasteiger charge is -2.16. The van der Waals surface area contributed by atoms with Crippen LogP contribution in [0.5, 0.6) is 0 Å². The Morgan fingerprint density at radius 3 is 2.08 bits per heavy atom. The van der Waals surface area contributed by atoms with Crippen LogP contribution in [0.1, 0.15) is 27.2 Å². The Kier molecular flexibility index (Phi) is 7.17. The van der Waals surface area contributed by atoms with E-state index in [0.717, 1.165) is 22.5 Å². The molecule has 0 unspecified atom stereocenters. The van der Waals surface area contributed by atoms with E-state index in [1.165, 1.54) is 24.3 Å². The maximum atomic E-state index is 12.5. The maximum absolute atomic E-state index is 12.5. The molecular weight excluding hydrogens is 342 g/mol. The van der Waals surface area contributed by atoms with Crippen molar-refractivity contribution in [1.82, 2.24) is 10.6 Å². The topological polar surface area (TPSA) is 101 Å². The number of nitro groups is 1. The number of nitro benzene ring substituents is 1. The Morgan fingerprint density at radius 1 is 1.08 bits per heavy atom. The first kappa shape index (κ1) is 20.7. The Hall–Kier alpha value is -2.35. The van der Waals surface area contributed by atoms with Crippen molar-refractivity contribution in [3.8, 4) is 0 Å². The van der Waals surface area contributed by atoms with Crippen LogP contribution in [-0.2, 0) is 9.84 Å². The fourth-order valence-corrected chi connectivity index (χ4v) is 3.76. The number of non-ortho nitro benzene ring substituents is 1. The monoisotopic (exact) mass is 367 g/mol. The standard InChI is InChI=1S/C17H25N3O4S/c1-12(17(19-5)13(2)14(3)18-4)10-11-25(23,24)16-8-6-15(7-9-16)20(21)22/h6-9,18-19H,10-11H2,1-5H3/b14-13+,17-12-. The van der Waals surface area contributed by atoms with Gasteiger partial charge in [-0.05, 0) is 50.5 Å². The van der Waals surface area contributed by atoms with Crippen LogP contribution < -0.4 is 10.6 Å². The molecule has 0 saturated carbocycles. The van der Waals surface area contributed by atoms with Crippen LogP contribution in [0, 0.1) is 10.1 Å². The minimum atomic E-state index is -3.51. The summed E-state index contributed by atoms with van der Waals surface area (Å²) in [6, 6.07) is 4.97. The van der Waals surface area contributed by atoms with E-state index in [0.29, 0.717) is 6.42 Å². The zero-order valence-corrected chi connectivity index (χ0v) is 16.0. The van der Waals surface area contributed by atoms with Crippen molar-refractivity contribution in [2.75, 3.05) is 19.8 Å². The Labute approximate surface area is 148 Å². The van der Waals surface area contributed by atoms with E-state index in [4.69, 9.17) is 0 Å². The Morgan fingerprint density at radius 2 is 1.64 bits per heavy atom. The summed E-state index contributed by atoms with van der Waals surface area (Å²) >= 11 is 0. The molecule has 0 fully saturated rings. The number of benzene rings is 1. The molecule has 1 aromatic rings. The molecule has 0 heterocycles. The van der Waals surface area contributed by atoms with E-state index in [1.54, 1.807) is 7.05 Å². The highest BCUT2D eigenvalue weighted by atomic mass is 32.2. The van der Waals surface area contributed by atoms with Crippen LogP contribution >= 0.6 is 0 Å². The van der Waals surface area contributed by atoms with Gasteiger partial charge in [-0.3, -0.25) is 10.1 Å². The quantitative estimate of drug-likeness (QED) is 0.416. The fourth-order valence-electron chi connectivity index (χ4n) is 2.40. The number of nitrogens with zero attached hydrogens (tertiary/aromatic N) is 1. The van der Waals surface area contributed by atoms with Crippen molar-refractivity contribution in [3.05, 3.63) is 56.9 Å². The third kappa shape index (κ3) is 5.32. The van der Waals surface area contributed by atoms with Gasteiger partial charge in [0.2, 0.25) is 0 Å². The van der Waals surface area contributed by atoms with Gasteiger partial charge in [0, 0.05) is 37.6 Å². The predicted molar refractivity (Wildman–Crippen MR) is 99.0 cm³/mol. The summed E-state index contributed by atoms with van der Waals surface area (Å²) in [5.41, 5.74) is 3.73. The van der Waals surface area contributed by atoms with Gasteiger partial charge in [0.1, 0.15) is 0 Å². The molecule has 0 amide bonds. The lowest BCUT2D eigenvalue weighted by atomic mass is 10.1. The summed E-state index contributed by atoms with van der Waals surface area (Å²) < 4.78 is 24.9. The molecule has 1 rings (SSSR count). The summed E-state index contributed by atoms with van der Waals surface area (Å²) in [6.07, 6.45) is 0.365. The number of likely N-dealkylation sites (N-methyl/N-ethyl adjacent to an activating group) is 1. The average molecular weight is 367 g/mol. The second-order valence-corrected chi connectivity index (χ2v) is 7.83. The van der Waals surface area contributed by atoms with Crippen LogP contribution in [-0.4, -0.2) is 33.2 Å². The average Bonchev–Trinajstić information content (AvgIpc) is 2.59. The first-order chi connectivity index (χ1) is 11.6. The molecule has 25 heavy (non-hydrogen) atoms. The zero-order chi connectivity index (χ0) is 19.2. The van der Waals surface area contributed by atoms with Gasteiger partial charge in [0.25, 0.3) is 5.69 Å². The molecule has 0 saturated heterocycles. The third-order valence-electron chi connectivity index (χ3n) is 4.14. The highest BCUT2D eigenvalue weighted by Crippen LogP contribution is 2.21. The highest BCUT2D eigenvalue weighted by molar-refractivity contribution is 7.91. The lowest BCUT2D eigenvalue weighted by molar-refractivity contribution is -0.384. The molecule has 0 atom stereocenters. The molecule has 7 nitrogen and oxygen atoms in total. The normalized spacial score (nSPS) is 13.6. The molecule has 0 aliphatic heterocycles. The minimum Gasteiger partial charge on any atom is -0.391 e. The van der Waals surface area contributed by atoms with Gasteiger partial charge < -0.3 is 10.6 Å². The number of allylic oxidation sites excluding steroid dienone is 3. The van der Waals surface area contributed by atoms with E-state index in [-0.39, 0.29) is 16.3 Å². The summed E-state index contributed by atoms with van der Waals surface area (Å²) in [4.78, 5) is 10.2. The second kappa shape index (κ2) is 8.66. The van der Waals surface area contributed by atoms with Gasteiger partial charge in [0.05, 0.1) is 15.6 Å². The van der Waals surface area contributed by atoms with E-state index < -0.39 is 14.8 Å². The molecule has 0 radical (unpaired) electrons. The van der Waals surface area contributed by atoms with Crippen molar-refractivity contribution in [2.24, 2.45) is 0 Å². The van der Waals surface area contributed by atoms with Crippen molar-refractivity contribution in [2.45, 2.75) is 32.1 Å². The summed E-state index contributed by atoms with van der Waals surface area (Å²) in [5.74, 6) is -0.0618.